The van der Waals surface area contributed by atoms with Crippen molar-refractivity contribution in [2.45, 2.75) is 6.54 Å². The Morgan fingerprint density at radius 1 is 1.55 bits per heavy atom. The highest BCUT2D eigenvalue weighted by Gasteiger charge is 1.98. The summed E-state index contributed by atoms with van der Waals surface area (Å²) >= 11 is 0. The van der Waals surface area contributed by atoms with E-state index in [1.165, 1.54) is 6.07 Å². The third-order valence-corrected chi connectivity index (χ3v) is 1.44. The lowest BCUT2D eigenvalue weighted by atomic mass is 10.1. The zero-order valence-electron chi connectivity index (χ0n) is 5.97. The van der Waals surface area contributed by atoms with Crippen molar-refractivity contribution in [2.75, 3.05) is 0 Å². The molecule has 1 rings (SSSR count). The van der Waals surface area contributed by atoms with E-state index in [9.17, 15) is 4.39 Å². The average molecular weight is 149 g/mol. The summed E-state index contributed by atoms with van der Waals surface area (Å²) in [5.41, 5.74) is 6.28. The summed E-state index contributed by atoms with van der Waals surface area (Å²) in [7, 11) is 0. The SMILES string of the molecule is C#Cc1ccc(CN)c(F)c1. The van der Waals surface area contributed by atoms with Gasteiger partial charge in [0.1, 0.15) is 5.82 Å². The molecule has 0 fully saturated rings. The molecule has 1 nitrogen and oxygen atoms in total. The van der Waals surface area contributed by atoms with Gasteiger partial charge >= 0.3 is 0 Å². The summed E-state index contributed by atoms with van der Waals surface area (Å²) in [5.74, 6) is 2.01. The molecule has 1 aromatic carbocycles. The Labute approximate surface area is 65.0 Å². The number of nitrogens with two attached hydrogens (primary N) is 1. The second-order valence-corrected chi connectivity index (χ2v) is 2.15. The van der Waals surface area contributed by atoms with Gasteiger partial charge < -0.3 is 5.73 Å². The molecule has 1 aromatic rings. The second-order valence-electron chi connectivity index (χ2n) is 2.15. The quantitative estimate of drug-likeness (QED) is 0.598. The molecule has 0 radical (unpaired) electrons. The van der Waals surface area contributed by atoms with Crippen molar-refractivity contribution in [3.05, 3.63) is 35.1 Å². The van der Waals surface area contributed by atoms with E-state index in [1.807, 2.05) is 0 Å². The molecule has 2 N–H and O–H groups in total. The Morgan fingerprint density at radius 3 is 2.73 bits per heavy atom. The third-order valence-electron chi connectivity index (χ3n) is 1.44. The van der Waals surface area contributed by atoms with Gasteiger partial charge in [0.05, 0.1) is 0 Å². The van der Waals surface area contributed by atoms with Crippen LogP contribution in [0.15, 0.2) is 18.2 Å². The van der Waals surface area contributed by atoms with Crippen molar-refractivity contribution in [3.63, 3.8) is 0 Å². The van der Waals surface area contributed by atoms with Crippen LogP contribution in [-0.2, 0) is 6.54 Å². The first-order chi connectivity index (χ1) is 5.27. The van der Waals surface area contributed by atoms with Crippen LogP contribution in [0.1, 0.15) is 11.1 Å². The Balaban J connectivity index is 3.12. The fraction of sp³-hybridized carbons (Fsp3) is 0.111. The largest absolute Gasteiger partial charge is 0.326 e. The first kappa shape index (κ1) is 7.77. The van der Waals surface area contributed by atoms with E-state index in [4.69, 9.17) is 12.2 Å². The first-order valence-corrected chi connectivity index (χ1v) is 3.23. The standard InChI is InChI=1S/C9H8FN/c1-2-7-3-4-8(6-11)9(10)5-7/h1,3-5H,6,11H2. The van der Waals surface area contributed by atoms with Crippen molar-refractivity contribution in [2.24, 2.45) is 5.73 Å². The lowest BCUT2D eigenvalue weighted by Crippen LogP contribution is -1.99. The molecular weight excluding hydrogens is 141 g/mol. The molecule has 0 aliphatic carbocycles. The second kappa shape index (κ2) is 3.18. The van der Waals surface area contributed by atoms with Gasteiger partial charge in [0.25, 0.3) is 0 Å². The van der Waals surface area contributed by atoms with Crippen molar-refractivity contribution in [1.82, 2.24) is 0 Å². The monoisotopic (exact) mass is 149 g/mol. The topological polar surface area (TPSA) is 26.0 Å². The molecule has 0 bridgehead atoms. The maximum Gasteiger partial charge on any atom is 0.128 e. The van der Waals surface area contributed by atoms with Gasteiger partial charge in [-0.2, -0.15) is 0 Å². The third kappa shape index (κ3) is 1.57. The maximum atomic E-state index is 12.9. The van der Waals surface area contributed by atoms with Crippen LogP contribution in [-0.4, -0.2) is 0 Å². The Hall–Kier alpha value is -1.33. The summed E-state index contributed by atoms with van der Waals surface area (Å²) < 4.78 is 12.9. The van der Waals surface area contributed by atoms with Crippen molar-refractivity contribution < 1.29 is 4.39 Å². The molecule has 0 spiro atoms. The molecule has 0 saturated carbocycles. The lowest BCUT2D eigenvalue weighted by Gasteiger charge is -1.98. The molecule has 0 aromatic heterocycles. The van der Waals surface area contributed by atoms with E-state index < -0.39 is 0 Å². The maximum absolute atomic E-state index is 12.9. The number of hydrogen-bond donors (Lipinski definition) is 1. The van der Waals surface area contributed by atoms with Gasteiger partial charge in [-0.3, -0.25) is 0 Å². The fourth-order valence-corrected chi connectivity index (χ4v) is 0.803. The number of benzene rings is 1. The number of halogens is 1. The predicted molar refractivity (Wildman–Crippen MR) is 42.2 cm³/mol. The predicted octanol–water partition coefficient (Wildman–Crippen LogP) is 1.27. The molecule has 0 unspecified atom stereocenters. The van der Waals surface area contributed by atoms with E-state index in [0.29, 0.717) is 11.1 Å². The molecule has 56 valence electrons. The van der Waals surface area contributed by atoms with Crippen LogP contribution < -0.4 is 5.73 Å². The van der Waals surface area contributed by atoms with Crippen molar-refractivity contribution in [3.8, 4) is 12.3 Å². The number of terminal acetylenes is 1. The minimum absolute atomic E-state index is 0.205. The molecule has 0 atom stereocenters. The molecule has 0 amide bonds. The zero-order valence-corrected chi connectivity index (χ0v) is 5.97. The minimum Gasteiger partial charge on any atom is -0.326 e. The van der Waals surface area contributed by atoms with Crippen LogP contribution in [0, 0.1) is 18.2 Å². The van der Waals surface area contributed by atoms with Crippen molar-refractivity contribution in [1.29, 1.82) is 0 Å². The van der Waals surface area contributed by atoms with E-state index in [2.05, 4.69) is 5.92 Å². The number of rotatable bonds is 1. The summed E-state index contributed by atoms with van der Waals surface area (Å²) in [6.07, 6.45) is 5.06. The van der Waals surface area contributed by atoms with Crippen LogP contribution >= 0.6 is 0 Å². The molecule has 11 heavy (non-hydrogen) atoms. The smallest absolute Gasteiger partial charge is 0.128 e. The van der Waals surface area contributed by atoms with Gasteiger partial charge in [0.15, 0.2) is 0 Å². The van der Waals surface area contributed by atoms with E-state index in [-0.39, 0.29) is 12.4 Å². The molecule has 2 heteroatoms. The van der Waals surface area contributed by atoms with Crippen LogP contribution in [0.2, 0.25) is 0 Å². The van der Waals surface area contributed by atoms with E-state index in [1.54, 1.807) is 12.1 Å². The summed E-state index contributed by atoms with van der Waals surface area (Å²) in [6.45, 7) is 0.205. The molecule has 0 saturated heterocycles. The minimum atomic E-state index is -0.331. The van der Waals surface area contributed by atoms with Gasteiger partial charge in [-0.1, -0.05) is 12.0 Å². The highest BCUT2D eigenvalue weighted by atomic mass is 19.1. The van der Waals surface area contributed by atoms with Crippen LogP contribution in [0.3, 0.4) is 0 Å². The Bertz CT molecular complexity index is 299. The fourth-order valence-electron chi connectivity index (χ4n) is 0.803. The normalized spacial score (nSPS) is 9.18. The lowest BCUT2D eigenvalue weighted by molar-refractivity contribution is 0.610. The number of hydrogen-bond acceptors (Lipinski definition) is 1. The molecular formula is C9H8FN. The highest BCUT2D eigenvalue weighted by Crippen LogP contribution is 2.08. The summed E-state index contributed by atoms with van der Waals surface area (Å²) in [4.78, 5) is 0. The van der Waals surface area contributed by atoms with Gasteiger partial charge in [0, 0.05) is 17.7 Å². The van der Waals surface area contributed by atoms with E-state index >= 15 is 0 Å². The van der Waals surface area contributed by atoms with E-state index in [0.717, 1.165) is 0 Å². The molecule has 0 aliphatic heterocycles. The van der Waals surface area contributed by atoms with Gasteiger partial charge in [-0.05, 0) is 12.1 Å². The van der Waals surface area contributed by atoms with Crippen LogP contribution in [0.4, 0.5) is 4.39 Å². The summed E-state index contributed by atoms with van der Waals surface area (Å²) in [5, 5.41) is 0. The highest BCUT2D eigenvalue weighted by molar-refractivity contribution is 5.35. The van der Waals surface area contributed by atoms with Gasteiger partial charge in [0.2, 0.25) is 0 Å². The first-order valence-electron chi connectivity index (χ1n) is 3.23. The average Bonchev–Trinajstić information content (AvgIpc) is 2.04. The Kier molecular flexibility index (Phi) is 2.25. The van der Waals surface area contributed by atoms with Crippen LogP contribution in [0.25, 0.3) is 0 Å². The summed E-state index contributed by atoms with van der Waals surface area (Å²) in [6, 6.07) is 4.58. The molecule has 0 aliphatic rings. The zero-order chi connectivity index (χ0) is 8.27. The van der Waals surface area contributed by atoms with Gasteiger partial charge in [-0.15, -0.1) is 6.42 Å². The Morgan fingerprint density at radius 2 is 2.27 bits per heavy atom. The molecule has 0 heterocycles. The van der Waals surface area contributed by atoms with Crippen LogP contribution in [0.5, 0.6) is 0 Å². The van der Waals surface area contributed by atoms with Crippen molar-refractivity contribution >= 4 is 0 Å². The van der Waals surface area contributed by atoms with Gasteiger partial charge in [-0.25, -0.2) is 4.39 Å².